The van der Waals surface area contributed by atoms with Gasteiger partial charge in [0, 0.05) is 31.2 Å². The number of hydrogen-bond donors (Lipinski definition) is 2. The first-order valence-corrected chi connectivity index (χ1v) is 6.46. The van der Waals surface area contributed by atoms with E-state index in [1.807, 2.05) is 32.3 Å². The van der Waals surface area contributed by atoms with Crippen LogP contribution in [-0.4, -0.2) is 14.1 Å². The summed E-state index contributed by atoms with van der Waals surface area (Å²) >= 11 is 0. The van der Waals surface area contributed by atoms with E-state index in [-0.39, 0.29) is 37.2 Å². The van der Waals surface area contributed by atoms with E-state index in [1.54, 1.807) is 0 Å². The number of nitrogen functional groups attached to an aromatic ring is 2. The topological polar surface area (TPSA) is 55.3 Å². The van der Waals surface area contributed by atoms with Crippen LogP contribution in [0.15, 0.2) is 42.5 Å². The maximum Gasteiger partial charge on any atom is 0.0367 e. The van der Waals surface area contributed by atoms with E-state index in [4.69, 9.17) is 11.5 Å². The molecule has 0 unspecified atom stereocenters. The number of hydrogen-bond acceptors (Lipinski definition) is 3. The molecule has 2 aromatic rings. The zero-order chi connectivity index (χ0) is 13.8. The average Bonchev–Trinajstić information content (AvgIpc) is 2.38. The summed E-state index contributed by atoms with van der Waals surface area (Å²) in [5.41, 5.74) is 16.9. The lowest BCUT2D eigenvalue weighted by Gasteiger charge is -2.13. The molecule has 0 aromatic heterocycles. The molecule has 0 saturated heterocycles. The van der Waals surface area contributed by atoms with E-state index in [1.165, 1.54) is 11.3 Å². The van der Waals surface area contributed by atoms with Crippen molar-refractivity contribution in [2.75, 3.05) is 30.5 Å². The van der Waals surface area contributed by atoms with Gasteiger partial charge in [0.25, 0.3) is 0 Å². The van der Waals surface area contributed by atoms with E-state index in [9.17, 15) is 0 Å². The fourth-order valence-corrected chi connectivity index (χ4v) is 2.08. The molecule has 0 radical (unpaired) electrons. The lowest BCUT2D eigenvalue weighted by Crippen LogP contribution is -2.08. The minimum absolute atomic E-state index is 0. The molecule has 0 amide bonds. The lowest BCUT2D eigenvalue weighted by atomic mass is 10.0. The number of nitrogens with zero attached hydrogens (tertiary/aromatic N) is 1. The number of aryl methyl sites for hydroxylation is 2. The summed E-state index contributed by atoms with van der Waals surface area (Å²) in [4.78, 5) is 2.10. The zero-order valence-corrected chi connectivity index (χ0v) is 15.2. The van der Waals surface area contributed by atoms with Crippen LogP contribution >= 0.6 is 37.2 Å². The minimum atomic E-state index is 0. The Labute approximate surface area is 151 Å². The monoisotopic (exact) mass is 363 g/mol. The predicted molar refractivity (Wildman–Crippen MR) is 105 cm³/mol. The van der Waals surface area contributed by atoms with Crippen molar-refractivity contribution < 1.29 is 0 Å². The van der Waals surface area contributed by atoms with E-state index < -0.39 is 0 Å². The van der Waals surface area contributed by atoms with Crippen molar-refractivity contribution in [2.45, 2.75) is 12.8 Å². The Morgan fingerprint density at radius 3 is 1.91 bits per heavy atom. The third kappa shape index (κ3) is 6.22. The molecule has 124 valence electrons. The van der Waals surface area contributed by atoms with Crippen LogP contribution in [0.1, 0.15) is 11.1 Å². The largest absolute Gasteiger partial charge is 0.399 e. The van der Waals surface area contributed by atoms with Gasteiger partial charge in [-0.05, 0) is 48.2 Å². The van der Waals surface area contributed by atoms with Gasteiger partial charge in [0.05, 0.1) is 0 Å². The number of anilines is 3. The standard InChI is InChI=1S/C16H21N3.3ClH/c1-19(2)15-9-4-12(5-10-15)3-6-13-7-8-14(17)11-16(13)18;;;/h4-5,7-11H,3,6,17-18H2,1-2H3;3*1H. The normalized spacial score (nSPS) is 9.00. The van der Waals surface area contributed by atoms with E-state index in [2.05, 4.69) is 29.2 Å². The van der Waals surface area contributed by atoms with Crippen LogP contribution in [0, 0.1) is 0 Å². The van der Waals surface area contributed by atoms with Crippen molar-refractivity contribution in [2.24, 2.45) is 0 Å². The first-order valence-electron chi connectivity index (χ1n) is 6.46. The van der Waals surface area contributed by atoms with Crippen molar-refractivity contribution in [3.05, 3.63) is 53.6 Å². The molecule has 0 fully saturated rings. The number of benzene rings is 2. The Kier molecular flexibility index (Phi) is 10.9. The molecule has 0 atom stereocenters. The zero-order valence-electron chi connectivity index (χ0n) is 12.8. The van der Waals surface area contributed by atoms with Gasteiger partial charge in [0.1, 0.15) is 0 Å². The van der Waals surface area contributed by atoms with Crippen LogP contribution < -0.4 is 16.4 Å². The van der Waals surface area contributed by atoms with Crippen LogP contribution in [0.5, 0.6) is 0 Å². The maximum absolute atomic E-state index is 5.96. The van der Waals surface area contributed by atoms with E-state index in [0.29, 0.717) is 0 Å². The summed E-state index contributed by atoms with van der Waals surface area (Å²) in [5.74, 6) is 0. The van der Waals surface area contributed by atoms with E-state index in [0.717, 1.165) is 29.8 Å². The highest BCUT2D eigenvalue weighted by Crippen LogP contribution is 2.19. The van der Waals surface area contributed by atoms with Gasteiger partial charge in [0.2, 0.25) is 0 Å². The Balaban J connectivity index is 0. The number of rotatable bonds is 4. The highest BCUT2D eigenvalue weighted by molar-refractivity contribution is 5.86. The summed E-state index contributed by atoms with van der Waals surface area (Å²) in [6, 6.07) is 14.4. The first kappa shape index (κ1) is 23.0. The number of halogens is 3. The summed E-state index contributed by atoms with van der Waals surface area (Å²) < 4.78 is 0. The lowest BCUT2D eigenvalue weighted by molar-refractivity contribution is 0.962. The van der Waals surface area contributed by atoms with Crippen LogP contribution in [0.2, 0.25) is 0 Å². The highest BCUT2D eigenvalue weighted by Gasteiger charge is 2.01. The van der Waals surface area contributed by atoms with Crippen molar-refractivity contribution >= 4 is 54.3 Å². The van der Waals surface area contributed by atoms with Gasteiger partial charge in [-0.1, -0.05) is 18.2 Å². The third-order valence-corrected chi connectivity index (χ3v) is 3.31. The molecule has 0 aliphatic heterocycles. The highest BCUT2D eigenvalue weighted by atomic mass is 35.5. The van der Waals surface area contributed by atoms with Crippen molar-refractivity contribution in [3.63, 3.8) is 0 Å². The quantitative estimate of drug-likeness (QED) is 0.807. The Morgan fingerprint density at radius 1 is 0.818 bits per heavy atom. The molecular weight excluding hydrogens is 341 g/mol. The number of nitrogens with two attached hydrogens (primary N) is 2. The summed E-state index contributed by atoms with van der Waals surface area (Å²) in [5, 5.41) is 0. The van der Waals surface area contributed by atoms with Gasteiger partial charge in [-0.2, -0.15) is 0 Å². The first-order chi connectivity index (χ1) is 9.06. The van der Waals surface area contributed by atoms with Gasteiger partial charge in [0.15, 0.2) is 0 Å². The van der Waals surface area contributed by atoms with E-state index >= 15 is 0 Å². The fraction of sp³-hybridized carbons (Fsp3) is 0.250. The molecule has 6 heteroatoms. The second-order valence-corrected chi connectivity index (χ2v) is 5.02. The smallest absolute Gasteiger partial charge is 0.0367 e. The van der Waals surface area contributed by atoms with Crippen LogP contribution in [-0.2, 0) is 12.8 Å². The van der Waals surface area contributed by atoms with Crippen molar-refractivity contribution in [1.82, 2.24) is 0 Å². The Hall–Kier alpha value is -1.29. The second kappa shape index (κ2) is 10.4. The molecule has 0 aliphatic carbocycles. The molecule has 4 N–H and O–H groups in total. The molecule has 22 heavy (non-hydrogen) atoms. The van der Waals surface area contributed by atoms with Crippen molar-refractivity contribution in [1.29, 1.82) is 0 Å². The molecule has 2 aromatic carbocycles. The SMILES string of the molecule is CN(C)c1ccc(CCc2ccc(N)cc2N)cc1.Cl.Cl.Cl. The third-order valence-electron chi connectivity index (χ3n) is 3.31. The predicted octanol–water partition coefficient (Wildman–Crippen LogP) is 3.97. The molecule has 0 saturated carbocycles. The van der Waals surface area contributed by atoms with Gasteiger partial charge < -0.3 is 16.4 Å². The molecule has 0 spiro atoms. The summed E-state index contributed by atoms with van der Waals surface area (Å²) in [6.45, 7) is 0. The molecule has 2 rings (SSSR count). The Morgan fingerprint density at radius 2 is 1.41 bits per heavy atom. The fourth-order valence-electron chi connectivity index (χ4n) is 2.08. The van der Waals surface area contributed by atoms with Crippen LogP contribution in [0.3, 0.4) is 0 Å². The maximum atomic E-state index is 5.96. The molecule has 0 heterocycles. The van der Waals surface area contributed by atoms with Gasteiger partial charge in [-0.15, -0.1) is 37.2 Å². The van der Waals surface area contributed by atoms with Crippen LogP contribution in [0.4, 0.5) is 17.1 Å². The molecular formula is C16H24Cl3N3. The Bertz CT molecular complexity index is 557. The summed E-state index contributed by atoms with van der Waals surface area (Å²) in [7, 11) is 4.09. The average molecular weight is 365 g/mol. The molecule has 3 nitrogen and oxygen atoms in total. The van der Waals surface area contributed by atoms with Crippen molar-refractivity contribution in [3.8, 4) is 0 Å². The molecule has 0 aliphatic rings. The second-order valence-electron chi connectivity index (χ2n) is 5.02. The molecule has 0 bridgehead atoms. The summed E-state index contributed by atoms with van der Waals surface area (Å²) in [6.07, 6.45) is 1.93. The van der Waals surface area contributed by atoms with Gasteiger partial charge >= 0.3 is 0 Å². The van der Waals surface area contributed by atoms with Gasteiger partial charge in [-0.3, -0.25) is 0 Å². The van der Waals surface area contributed by atoms with Crippen LogP contribution in [0.25, 0.3) is 0 Å². The minimum Gasteiger partial charge on any atom is -0.399 e. The van der Waals surface area contributed by atoms with Gasteiger partial charge in [-0.25, -0.2) is 0 Å².